The van der Waals surface area contributed by atoms with Crippen molar-refractivity contribution in [2.24, 2.45) is 0 Å². The van der Waals surface area contributed by atoms with Gasteiger partial charge in [-0.3, -0.25) is 5.32 Å². The van der Waals surface area contributed by atoms with Crippen molar-refractivity contribution in [3.63, 3.8) is 0 Å². The third-order valence-electron chi connectivity index (χ3n) is 2.99. The predicted molar refractivity (Wildman–Crippen MR) is 94.8 cm³/mol. The second-order valence-electron chi connectivity index (χ2n) is 6.39. The van der Waals surface area contributed by atoms with Gasteiger partial charge in [-0.2, -0.15) is 0 Å². The zero-order valence-electron chi connectivity index (χ0n) is 15.2. The summed E-state index contributed by atoms with van der Waals surface area (Å²) in [6.45, 7) is 8.03. The van der Waals surface area contributed by atoms with Gasteiger partial charge in [0, 0.05) is 25.3 Å². The summed E-state index contributed by atoms with van der Waals surface area (Å²) in [5.74, 6) is 0.428. The number of anilines is 2. The summed E-state index contributed by atoms with van der Waals surface area (Å²) in [5.41, 5.74) is 0.455. The molecule has 24 heavy (non-hydrogen) atoms. The van der Waals surface area contributed by atoms with Crippen LogP contribution in [0.1, 0.15) is 34.1 Å². The molecular formula is C17H27N3O4. The summed E-state index contributed by atoms with van der Waals surface area (Å²) >= 11 is 0. The topological polar surface area (TPSA) is 79.9 Å². The van der Waals surface area contributed by atoms with Crippen molar-refractivity contribution in [2.45, 2.75) is 39.7 Å². The van der Waals surface area contributed by atoms with E-state index in [0.29, 0.717) is 23.7 Å². The second-order valence-corrected chi connectivity index (χ2v) is 6.39. The van der Waals surface area contributed by atoms with Gasteiger partial charge in [0.25, 0.3) is 0 Å². The highest BCUT2D eigenvalue weighted by molar-refractivity contribution is 5.91. The molecule has 0 aromatic heterocycles. The number of ether oxygens (including phenoxy) is 2. The molecule has 0 spiro atoms. The summed E-state index contributed by atoms with van der Waals surface area (Å²) in [6, 6.07) is 4.78. The standard InChI is InChI=1S/C17H27N3O4/c1-7-10-20(5)15(21)18-12-8-9-13(14(11-12)23-6)19-16(22)24-17(2,3)4/h8-9,11H,7,10H2,1-6H3,(H,18,21)(H,19,22). The molecule has 0 aliphatic heterocycles. The summed E-state index contributed by atoms with van der Waals surface area (Å²) in [7, 11) is 3.22. The van der Waals surface area contributed by atoms with Crippen molar-refractivity contribution in [3.8, 4) is 5.75 Å². The van der Waals surface area contributed by atoms with Gasteiger partial charge in [-0.1, -0.05) is 6.92 Å². The Hall–Kier alpha value is -2.44. The number of rotatable bonds is 5. The fourth-order valence-corrected chi connectivity index (χ4v) is 1.94. The van der Waals surface area contributed by atoms with Gasteiger partial charge in [-0.05, 0) is 39.3 Å². The van der Waals surface area contributed by atoms with Gasteiger partial charge >= 0.3 is 12.1 Å². The van der Waals surface area contributed by atoms with E-state index in [9.17, 15) is 9.59 Å². The first kappa shape index (κ1) is 19.6. The highest BCUT2D eigenvalue weighted by Gasteiger charge is 2.18. The molecule has 0 saturated carbocycles. The molecule has 0 unspecified atom stereocenters. The van der Waals surface area contributed by atoms with Gasteiger partial charge in [0.05, 0.1) is 12.8 Å². The minimum absolute atomic E-state index is 0.202. The lowest BCUT2D eigenvalue weighted by atomic mass is 10.2. The van der Waals surface area contributed by atoms with E-state index in [1.165, 1.54) is 7.11 Å². The molecule has 0 aliphatic rings. The number of carbonyl (C=O) groups excluding carboxylic acids is 2. The van der Waals surface area contributed by atoms with Crippen molar-refractivity contribution in [1.29, 1.82) is 0 Å². The van der Waals surface area contributed by atoms with Crippen LogP contribution in [0.4, 0.5) is 21.0 Å². The minimum Gasteiger partial charge on any atom is -0.494 e. The Morgan fingerprint density at radius 2 is 1.88 bits per heavy atom. The molecule has 7 nitrogen and oxygen atoms in total. The number of methoxy groups -OCH3 is 1. The van der Waals surface area contributed by atoms with E-state index in [1.807, 2.05) is 6.92 Å². The summed E-state index contributed by atoms with van der Waals surface area (Å²) in [6.07, 6.45) is 0.312. The Morgan fingerprint density at radius 1 is 1.21 bits per heavy atom. The summed E-state index contributed by atoms with van der Waals surface area (Å²) < 4.78 is 10.5. The number of hydrogen-bond donors (Lipinski definition) is 2. The van der Waals surface area contributed by atoms with Gasteiger partial charge < -0.3 is 19.7 Å². The molecule has 3 amide bonds. The first-order valence-electron chi connectivity index (χ1n) is 7.86. The molecular weight excluding hydrogens is 310 g/mol. The number of urea groups is 1. The number of nitrogens with one attached hydrogen (secondary N) is 2. The molecule has 0 fully saturated rings. The number of amides is 3. The average Bonchev–Trinajstić information content (AvgIpc) is 2.47. The number of hydrogen-bond acceptors (Lipinski definition) is 4. The van der Waals surface area contributed by atoms with E-state index >= 15 is 0 Å². The van der Waals surface area contributed by atoms with Crippen molar-refractivity contribution in [1.82, 2.24) is 4.90 Å². The lowest BCUT2D eigenvalue weighted by Crippen LogP contribution is -2.31. The lowest BCUT2D eigenvalue weighted by Gasteiger charge is -2.21. The molecule has 0 radical (unpaired) electrons. The predicted octanol–water partition coefficient (Wildman–Crippen LogP) is 3.92. The van der Waals surface area contributed by atoms with Crippen LogP contribution in [0.2, 0.25) is 0 Å². The van der Waals surface area contributed by atoms with Gasteiger partial charge in [0.15, 0.2) is 0 Å². The van der Waals surface area contributed by atoms with Gasteiger partial charge in [-0.25, -0.2) is 9.59 Å². The van der Waals surface area contributed by atoms with Crippen molar-refractivity contribution in [3.05, 3.63) is 18.2 Å². The van der Waals surface area contributed by atoms with Crippen LogP contribution in [0, 0.1) is 0 Å². The Kier molecular flexibility index (Phi) is 6.88. The molecule has 0 saturated heterocycles. The highest BCUT2D eigenvalue weighted by atomic mass is 16.6. The van der Waals surface area contributed by atoms with E-state index in [4.69, 9.17) is 9.47 Å². The quantitative estimate of drug-likeness (QED) is 0.853. The normalized spacial score (nSPS) is 10.8. The largest absolute Gasteiger partial charge is 0.494 e. The molecule has 1 aromatic rings. The molecule has 2 N–H and O–H groups in total. The highest BCUT2D eigenvalue weighted by Crippen LogP contribution is 2.28. The third kappa shape index (κ3) is 6.36. The van der Waals surface area contributed by atoms with E-state index < -0.39 is 11.7 Å². The van der Waals surface area contributed by atoms with E-state index in [2.05, 4.69) is 10.6 Å². The van der Waals surface area contributed by atoms with Gasteiger partial charge in [-0.15, -0.1) is 0 Å². The zero-order valence-corrected chi connectivity index (χ0v) is 15.2. The molecule has 0 aliphatic carbocycles. The van der Waals surface area contributed by atoms with Crippen LogP contribution in [0.15, 0.2) is 18.2 Å². The molecule has 0 atom stereocenters. The Morgan fingerprint density at radius 3 is 2.42 bits per heavy atom. The van der Waals surface area contributed by atoms with Crippen molar-refractivity contribution in [2.75, 3.05) is 31.3 Å². The molecule has 134 valence electrons. The van der Waals surface area contributed by atoms with Crippen LogP contribution >= 0.6 is 0 Å². The zero-order chi connectivity index (χ0) is 18.3. The first-order valence-corrected chi connectivity index (χ1v) is 7.86. The van der Waals surface area contributed by atoms with Gasteiger partial charge in [0.1, 0.15) is 11.4 Å². The first-order chi connectivity index (χ1) is 11.2. The molecule has 7 heteroatoms. The van der Waals surface area contributed by atoms with E-state index in [1.54, 1.807) is 50.9 Å². The smallest absolute Gasteiger partial charge is 0.412 e. The summed E-state index contributed by atoms with van der Waals surface area (Å²) in [4.78, 5) is 25.5. The maximum Gasteiger partial charge on any atom is 0.412 e. The van der Waals surface area contributed by atoms with Crippen LogP contribution in [0.25, 0.3) is 0 Å². The van der Waals surface area contributed by atoms with Crippen LogP contribution in [0.3, 0.4) is 0 Å². The number of benzene rings is 1. The molecule has 0 bridgehead atoms. The lowest BCUT2D eigenvalue weighted by molar-refractivity contribution is 0.0635. The van der Waals surface area contributed by atoms with Crippen LogP contribution in [0.5, 0.6) is 5.75 Å². The van der Waals surface area contributed by atoms with E-state index in [-0.39, 0.29) is 6.03 Å². The number of nitrogens with zero attached hydrogens (tertiary/aromatic N) is 1. The Labute approximate surface area is 143 Å². The third-order valence-corrected chi connectivity index (χ3v) is 2.99. The second kappa shape index (κ2) is 8.42. The van der Waals surface area contributed by atoms with Crippen LogP contribution < -0.4 is 15.4 Å². The minimum atomic E-state index is -0.588. The van der Waals surface area contributed by atoms with Crippen molar-refractivity contribution >= 4 is 23.5 Å². The maximum absolute atomic E-state index is 12.0. The fourth-order valence-electron chi connectivity index (χ4n) is 1.94. The monoisotopic (exact) mass is 337 g/mol. The fraction of sp³-hybridized carbons (Fsp3) is 0.529. The number of carbonyl (C=O) groups is 2. The van der Waals surface area contributed by atoms with Crippen LogP contribution in [-0.4, -0.2) is 43.3 Å². The summed E-state index contributed by atoms with van der Waals surface area (Å²) in [5, 5.41) is 5.42. The Bertz CT molecular complexity index is 582. The van der Waals surface area contributed by atoms with E-state index in [0.717, 1.165) is 6.42 Å². The van der Waals surface area contributed by atoms with Gasteiger partial charge in [0.2, 0.25) is 0 Å². The Balaban J connectivity index is 2.81. The van der Waals surface area contributed by atoms with Crippen LogP contribution in [-0.2, 0) is 4.74 Å². The maximum atomic E-state index is 12.0. The SMILES string of the molecule is CCCN(C)C(=O)Nc1ccc(NC(=O)OC(C)(C)C)c(OC)c1. The average molecular weight is 337 g/mol. The molecule has 0 heterocycles. The molecule has 1 aromatic carbocycles. The van der Waals surface area contributed by atoms with Crippen molar-refractivity contribution < 1.29 is 19.1 Å². The molecule has 1 rings (SSSR count).